The van der Waals surface area contributed by atoms with Crippen LogP contribution in [0.15, 0.2) is 77.3 Å². The van der Waals surface area contributed by atoms with Gasteiger partial charge in [-0.05, 0) is 71.2 Å². The van der Waals surface area contributed by atoms with Gasteiger partial charge in [0.15, 0.2) is 0 Å². The Morgan fingerprint density at radius 1 is 0.724 bits per heavy atom. The lowest BCUT2D eigenvalue weighted by Crippen LogP contribution is -2.11. The van der Waals surface area contributed by atoms with Crippen LogP contribution < -0.4 is 13.9 Å². The highest BCUT2D eigenvalue weighted by atomic mass is 31.2. The largest absolute Gasteiger partial charge is 0.437 e. The number of rotatable bonds is 8. The van der Waals surface area contributed by atoms with Crippen LogP contribution in [0.3, 0.4) is 0 Å². The van der Waals surface area contributed by atoms with Gasteiger partial charge in [-0.3, -0.25) is 0 Å². The van der Waals surface area contributed by atoms with Crippen molar-refractivity contribution in [3.63, 3.8) is 0 Å². The predicted molar refractivity (Wildman–Crippen MR) is 123 cm³/mol. The highest BCUT2D eigenvalue weighted by molar-refractivity contribution is 7.58. The molecule has 0 fully saturated rings. The van der Waals surface area contributed by atoms with Crippen molar-refractivity contribution in [3.8, 4) is 17.2 Å². The Bertz CT molecular complexity index is 933. The highest BCUT2D eigenvalue weighted by Gasteiger charge is 2.20. The molecule has 0 aliphatic carbocycles. The van der Waals surface area contributed by atoms with Crippen LogP contribution in [0.2, 0.25) is 0 Å². The van der Waals surface area contributed by atoms with Crippen molar-refractivity contribution in [2.45, 2.75) is 20.8 Å². The molecule has 0 aromatic heterocycles. The molecule has 2 unspecified atom stereocenters. The molecule has 5 nitrogen and oxygen atoms in total. The fraction of sp³-hybridized carbons (Fsp3) is 0.143. The fourth-order valence-corrected chi connectivity index (χ4v) is 4.54. The van der Waals surface area contributed by atoms with E-state index in [2.05, 4.69) is 13.9 Å². The maximum Gasteiger partial charge on any atom is 0.344 e. The third-order valence-corrected chi connectivity index (χ3v) is 6.56. The van der Waals surface area contributed by atoms with Gasteiger partial charge in [-0.1, -0.05) is 53.1 Å². The second-order valence-corrected chi connectivity index (χ2v) is 9.49. The first-order valence-electron chi connectivity index (χ1n) is 8.98. The first kappa shape index (κ1) is 21.7. The van der Waals surface area contributed by atoms with Crippen LogP contribution >= 0.6 is 26.4 Å². The van der Waals surface area contributed by atoms with E-state index in [1.165, 1.54) is 11.1 Å². The lowest BCUT2D eigenvalue weighted by molar-refractivity contribution is 0.138. The zero-order valence-corrected chi connectivity index (χ0v) is 19.5. The van der Waals surface area contributed by atoms with Crippen molar-refractivity contribution >= 4 is 26.4 Å². The number of benzene rings is 3. The van der Waals surface area contributed by atoms with Gasteiger partial charge in [-0.15, -0.1) is 4.52 Å². The van der Waals surface area contributed by atoms with E-state index in [0.29, 0.717) is 14.3 Å². The Morgan fingerprint density at radius 2 is 1.17 bits per heavy atom. The molecule has 2 atom stereocenters. The van der Waals surface area contributed by atoms with Gasteiger partial charge in [0.05, 0.1) is 0 Å². The molecule has 3 aromatic rings. The Morgan fingerprint density at radius 3 is 1.69 bits per heavy atom. The average Bonchev–Trinajstić information content (AvgIpc) is 2.72. The van der Waals surface area contributed by atoms with Gasteiger partial charge >= 0.3 is 8.45 Å². The van der Waals surface area contributed by atoms with Crippen molar-refractivity contribution in [2.75, 3.05) is 0 Å². The zero-order chi connectivity index (χ0) is 20.6. The summed E-state index contributed by atoms with van der Waals surface area (Å²) >= 11 is 0. The first-order valence-corrected chi connectivity index (χ1v) is 11.4. The quantitative estimate of drug-likeness (QED) is 0.268. The minimum Gasteiger partial charge on any atom is -0.437 e. The maximum atomic E-state index is 6.08. The topological polar surface area (TPSA) is 43.3 Å². The molecule has 0 N–H and O–H groups in total. The van der Waals surface area contributed by atoms with E-state index in [4.69, 9.17) is 13.9 Å². The van der Waals surface area contributed by atoms with E-state index in [1.54, 1.807) is 4.60 Å². The molecule has 0 heterocycles. The molecule has 0 amide bonds. The predicted octanol–water partition coefficient (Wildman–Crippen LogP) is 7.43. The molecular formula is C21H23N2O3P3. The van der Waals surface area contributed by atoms with Gasteiger partial charge in [0.1, 0.15) is 17.2 Å². The molecule has 3 aromatic carbocycles. The van der Waals surface area contributed by atoms with Crippen LogP contribution in [-0.2, 0) is 0 Å². The summed E-state index contributed by atoms with van der Waals surface area (Å²) in [6.07, 6.45) is 0. The molecular weight excluding hydrogens is 421 g/mol. The molecule has 0 spiro atoms. The minimum atomic E-state index is -1.48. The Kier molecular flexibility index (Phi) is 7.98. The van der Waals surface area contributed by atoms with E-state index < -0.39 is 8.45 Å². The summed E-state index contributed by atoms with van der Waals surface area (Å²) in [4.78, 5) is 5.89. The molecule has 29 heavy (non-hydrogen) atoms. The molecule has 0 saturated heterocycles. The fourth-order valence-electron chi connectivity index (χ4n) is 2.23. The standard InChI is InChI=1S/C21H23N2O3P3/c1-16-4-10-19(11-5-16)24-23(27)29(26-21-14-8-18(3)9-15-21)22-28-25-20-12-6-17(2)7-13-20/h4-15H,27H2,1-3H3. The zero-order valence-electron chi connectivity index (χ0n) is 16.5. The van der Waals surface area contributed by atoms with Crippen molar-refractivity contribution in [2.24, 2.45) is 4.52 Å². The third-order valence-electron chi connectivity index (χ3n) is 3.88. The summed E-state index contributed by atoms with van der Waals surface area (Å²) in [6, 6.07) is 23.5. The van der Waals surface area contributed by atoms with Gasteiger partial charge < -0.3 is 13.9 Å². The molecule has 0 radical (unpaired) electrons. The number of aryl methyl sites for hydroxylation is 3. The van der Waals surface area contributed by atoms with Gasteiger partial charge in [-0.25, -0.2) is 0 Å². The minimum absolute atomic E-state index is 0.430. The van der Waals surface area contributed by atoms with Crippen molar-refractivity contribution < 1.29 is 13.9 Å². The van der Waals surface area contributed by atoms with Crippen LogP contribution in [-0.4, -0.2) is 4.60 Å². The normalized spacial score (nSPS) is 12.2. The second-order valence-electron chi connectivity index (χ2n) is 6.44. The molecule has 150 valence electrons. The highest BCUT2D eigenvalue weighted by Crippen LogP contribution is 2.48. The van der Waals surface area contributed by atoms with Crippen LogP contribution in [0.4, 0.5) is 0 Å². The summed E-state index contributed by atoms with van der Waals surface area (Å²) in [5.74, 6) is 2.17. The van der Waals surface area contributed by atoms with E-state index in [9.17, 15) is 0 Å². The lowest BCUT2D eigenvalue weighted by atomic mass is 10.2. The Labute approximate surface area is 177 Å². The van der Waals surface area contributed by atoms with E-state index in [0.717, 1.165) is 17.1 Å². The summed E-state index contributed by atoms with van der Waals surface area (Å²) in [7, 11) is 1.48. The Balaban J connectivity index is 1.72. The monoisotopic (exact) mass is 444 g/mol. The number of hydrogen-bond donors (Lipinski definition) is 0. The van der Waals surface area contributed by atoms with E-state index in [1.807, 2.05) is 93.6 Å². The summed E-state index contributed by atoms with van der Waals surface area (Å²) in [6.45, 7) is 6.11. The van der Waals surface area contributed by atoms with Gasteiger partial charge in [0.2, 0.25) is 0 Å². The first-order chi connectivity index (χ1) is 14.0. The molecule has 3 rings (SSSR count). The number of nitrogens with zero attached hydrogens (tertiary/aromatic N) is 2. The number of hydrogen-bond acceptors (Lipinski definition) is 5. The van der Waals surface area contributed by atoms with Gasteiger partial charge in [0.25, 0.3) is 8.60 Å². The SMILES string of the molecule is Cc1ccc(OP=NP(Oc2ccc(C)cc2)N(P)Oc2ccc(C)cc2)cc1. The van der Waals surface area contributed by atoms with E-state index >= 15 is 0 Å². The van der Waals surface area contributed by atoms with Crippen LogP contribution in [0, 0.1) is 20.8 Å². The molecule has 8 heteroatoms. The summed E-state index contributed by atoms with van der Waals surface area (Å²) in [5, 5.41) is 0. The Hall–Kier alpha value is -2.02. The van der Waals surface area contributed by atoms with Crippen LogP contribution in [0.25, 0.3) is 0 Å². The molecule has 0 bridgehead atoms. The lowest BCUT2D eigenvalue weighted by Gasteiger charge is -2.22. The van der Waals surface area contributed by atoms with Crippen molar-refractivity contribution in [1.29, 1.82) is 0 Å². The van der Waals surface area contributed by atoms with Crippen molar-refractivity contribution in [3.05, 3.63) is 89.5 Å². The molecule has 0 aliphatic heterocycles. The van der Waals surface area contributed by atoms with Crippen LogP contribution in [0.1, 0.15) is 16.7 Å². The smallest absolute Gasteiger partial charge is 0.344 e. The maximum absolute atomic E-state index is 6.08. The third kappa shape index (κ3) is 7.07. The molecule has 0 saturated carbocycles. The van der Waals surface area contributed by atoms with Crippen molar-refractivity contribution in [1.82, 2.24) is 4.60 Å². The molecule has 0 aliphatic rings. The van der Waals surface area contributed by atoms with E-state index in [-0.39, 0.29) is 0 Å². The average molecular weight is 444 g/mol. The summed E-state index contributed by atoms with van der Waals surface area (Å²) in [5.41, 5.74) is 3.51. The van der Waals surface area contributed by atoms with Crippen LogP contribution in [0.5, 0.6) is 17.2 Å². The van der Waals surface area contributed by atoms with Gasteiger partial charge in [-0.2, -0.15) is 0 Å². The second kappa shape index (κ2) is 10.7. The van der Waals surface area contributed by atoms with Gasteiger partial charge in [0, 0.05) is 0 Å². The summed E-state index contributed by atoms with van der Waals surface area (Å²) < 4.78 is 17.9.